The molecule has 0 aromatic rings. The van der Waals surface area contributed by atoms with Crippen molar-refractivity contribution in [2.75, 3.05) is 13.2 Å². The molecule has 9 nitrogen and oxygen atoms in total. The van der Waals surface area contributed by atoms with Crippen LogP contribution in [0.4, 0.5) is 0 Å². The molecule has 0 spiro atoms. The highest BCUT2D eigenvalue weighted by Gasteiger charge is 2.53. The highest BCUT2D eigenvalue weighted by molar-refractivity contribution is 4.99. The van der Waals surface area contributed by atoms with Crippen LogP contribution in [-0.2, 0) is 14.2 Å². The third-order valence-electron chi connectivity index (χ3n) is 4.75. The summed E-state index contributed by atoms with van der Waals surface area (Å²) >= 11 is 0. The van der Waals surface area contributed by atoms with E-state index in [0.717, 1.165) is 0 Å². The van der Waals surface area contributed by atoms with E-state index in [-0.39, 0.29) is 19.6 Å². The van der Waals surface area contributed by atoms with Gasteiger partial charge in [0, 0.05) is 12.5 Å². The summed E-state index contributed by atoms with van der Waals surface area (Å²) in [6.45, 7) is -0.211. The first-order valence-electron chi connectivity index (χ1n) is 7.37. The van der Waals surface area contributed by atoms with Crippen LogP contribution in [0.3, 0.4) is 0 Å². The maximum Gasteiger partial charge on any atom is 0.184 e. The summed E-state index contributed by atoms with van der Waals surface area (Å²) in [6.07, 6.45) is -9.42. The third-order valence-corrected chi connectivity index (χ3v) is 4.75. The number of aliphatic hydroxyl groups excluding tert-OH is 6. The van der Waals surface area contributed by atoms with E-state index in [1.165, 1.54) is 0 Å². The van der Waals surface area contributed by atoms with Crippen molar-refractivity contribution < 1.29 is 44.8 Å². The van der Waals surface area contributed by atoms with Crippen molar-refractivity contribution in [3.05, 3.63) is 0 Å². The van der Waals surface area contributed by atoms with Gasteiger partial charge in [0.05, 0.1) is 18.8 Å². The maximum atomic E-state index is 10.1. The van der Waals surface area contributed by atoms with Gasteiger partial charge >= 0.3 is 0 Å². The number of fused-ring (bicyclic) bond motifs is 2. The normalized spacial score (nSPS) is 55.4. The monoisotopic (exact) mass is 322 g/mol. The minimum absolute atomic E-state index is 0.140. The molecular formula is C13H22O9. The Kier molecular flexibility index (Phi) is 4.70. The summed E-state index contributed by atoms with van der Waals surface area (Å²) < 4.78 is 16.3. The van der Waals surface area contributed by atoms with Crippen LogP contribution < -0.4 is 0 Å². The van der Waals surface area contributed by atoms with E-state index in [1.807, 2.05) is 0 Å². The summed E-state index contributed by atoms with van der Waals surface area (Å²) in [6, 6.07) is 0. The number of ether oxygens (including phenoxy) is 3. The number of hydrogen-bond donors (Lipinski definition) is 6. The first kappa shape index (κ1) is 16.5. The second-order valence-electron chi connectivity index (χ2n) is 6.14. The van der Waals surface area contributed by atoms with Gasteiger partial charge in [0.2, 0.25) is 0 Å². The lowest BCUT2D eigenvalue weighted by molar-refractivity contribution is -0.272. The Morgan fingerprint density at radius 3 is 2.36 bits per heavy atom. The topological polar surface area (TPSA) is 149 Å². The SMILES string of the molecule is OCC1C[C@@H](O[C@@H]2C3COC2C(O)C(O)O3)C(O)[C@@H](O)[C@H]1O. The molecule has 22 heavy (non-hydrogen) atoms. The van der Waals surface area contributed by atoms with Gasteiger partial charge < -0.3 is 44.8 Å². The molecule has 3 rings (SSSR count). The van der Waals surface area contributed by atoms with Gasteiger partial charge in [-0.1, -0.05) is 0 Å². The lowest BCUT2D eigenvalue weighted by Crippen LogP contribution is -2.59. The van der Waals surface area contributed by atoms with Crippen molar-refractivity contribution in [2.24, 2.45) is 5.92 Å². The van der Waals surface area contributed by atoms with E-state index >= 15 is 0 Å². The van der Waals surface area contributed by atoms with Gasteiger partial charge in [-0.25, -0.2) is 0 Å². The van der Waals surface area contributed by atoms with Crippen LogP contribution in [0.1, 0.15) is 6.42 Å². The molecule has 1 saturated carbocycles. The molecule has 0 amide bonds. The van der Waals surface area contributed by atoms with Gasteiger partial charge in [-0.15, -0.1) is 0 Å². The predicted octanol–water partition coefficient (Wildman–Crippen LogP) is -3.69. The van der Waals surface area contributed by atoms with Crippen molar-refractivity contribution in [1.82, 2.24) is 0 Å². The van der Waals surface area contributed by atoms with E-state index < -0.39 is 61.0 Å². The smallest absolute Gasteiger partial charge is 0.184 e. The standard InChI is InChI=1S/C13H22O9/c14-2-4-1-5(8(16)9(17)7(4)15)21-11-6-3-20-12(11)10(18)13(19)22-6/h4-19H,1-3H2/t4?,5-,6?,7+,8?,9+,10?,11-,12?,13?/m1/s1. The van der Waals surface area contributed by atoms with Gasteiger partial charge in [0.25, 0.3) is 0 Å². The molecule has 2 aliphatic heterocycles. The Labute approximate surface area is 126 Å². The fourth-order valence-corrected chi connectivity index (χ4v) is 3.40. The van der Waals surface area contributed by atoms with Crippen LogP contribution in [0.5, 0.6) is 0 Å². The van der Waals surface area contributed by atoms with E-state index in [1.54, 1.807) is 0 Å². The fourth-order valence-electron chi connectivity index (χ4n) is 3.40. The highest BCUT2D eigenvalue weighted by atomic mass is 16.7. The van der Waals surface area contributed by atoms with Crippen LogP contribution >= 0.6 is 0 Å². The number of hydrogen-bond acceptors (Lipinski definition) is 9. The predicted molar refractivity (Wildman–Crippen MR) is 68.5 cm³/mol. The van der Waals surface area contributed by atoms with E-state index in [9.17, 15) is 30.6 Å². The zero-order valence-electron chi connectivity index (χ0n) is 11.8. The molecule has 0 aromatic carbocycles. The molecule has 0 radical (unpaired) electrons. The first-order valence-corrected chi connectivity index (χ1v) is 7.37. The largest absolute Gasteiger partial charge is 0.396 e. The summed E-state index contributed by atoms with van der Waals surface area (Å²) in [4.78, 5) is 0. The zero-order valence-corrected chi connectivity index (χ0v) is 11.8. The molecule has 2 saturated heterocycles. The third kappa shape index (κ3) is 2.66. The zero-order chi connectivity index (χ0) is 16.0. The van der Waals surface area contributed by atoms with Crippen LogP contribution in [-0.4, -0.2) is 99.0 Å². The Morgan fingerprint density at radius 2 is 1.68 bits per heavy atom. The van der Waals surface area contributed by atoms with E-state index in [4.69, 9.17) is 14.2 Å². The first-order chi connectivity index (χ1) is 10.4. The Bertz CT molecular complexity index is 392. The fraction of sp³-hybridized carbons (Fsp3) is 1.00. The quantitative estimate of drug-likeness (QED) is 0.309. The lowest BCUT2D eigenvalue weighted by Gasteiger charge is -2.43. The average Bonchev–Trinajstić information content (AvgIpc) is 2.82. The summed E-state index contributed by atoms with van der Waals surface area (Å²) in [7, 11) is 0. The molecule has 128 valence electrons. The van der Waals surface area contributed by atoms with Gasteiger partial charge in [-0.2, -0.15) is 0 Å². The van der Waals surface area contributed by atoms with Gasteiger partial charge in [-0.3, -0.25) is 0 Å². The molecule has 3 aliphatic rings. The van der Waals surface area contributed by atoms with Crippen molar-refractivity contribution >= 4 is 0 Å². The molecule has 9 heteroatoms. The second kappa shape index (κ2) is 6.27. The van der Waals surface area contributed by atoms with Crippen molar-refractivity contribution in [3.63, 3.8) is 0 Å². The van der Waals surface area contributed by atoms with Gasteiger partial charge in [0.15, 0.2) is 6.29 Å². The highest BCUT2D eigenvalue weighted by Crippen LogP contribution is 2.35. The van der Waals surface area contributed by atoms with Crippen LogP contribution in [0.2, 0.25) is 0 Å². The van der Waals surface area contributed by atoms with E-state index in [2.05, 4.69) is 0 Å². The van der Waals surface area contributed by atoms with Crippen LogP contribution in [0, 0.1) is 5.92 Å². The molecule has 2 bridgehead atoms. The van der Waals surface area contributed by atoms with Crippen LogP contribution in [0.15, 0.2) is 0 Å². The molecule has 10 atom stereocenters. The molecule has 2 heterocycles. The summed E-state index contributed by atoms with van der Waals surface area (Å²) in [5.74, 6) is -0.623. The average molecular weight is 322 g/mol. The molecular weight excluding hydrogens is 300 g/mol. The lowest BCUT2D eigenvalue weighted by atomic mass is 9.81. The minimum atomic E-state index is -1.44. The van der Waals surface area contributed by atoms with Gasteiger partial charge in [-0.05, 0) is 6.42 Å². The van der Waals surface area contributed by atoms with Crippen LogP contribution in [0.25, 0.3) is 0 Å². The Morgan fingerprint density at radius 1 is 0.955 bits per heavy atom. The molecule has 3 fully saturated rings. The van der Waals surface area contributed by atoms with Crippen molar-refractivity contribution in [2.45, 2.75) is 61.5 Å². The summed E-state index contributed by atoms with van der Waals surface area (Å²) in [5, 5.41) is 58.3. The maximum absolute atomic E-state index is 10.1. The van der Waals surface area contributed by atoms with Gasteiger partial charge in [0.1, 0.15) is 36.6 Å². The molecule has 6 unspecified atom stereocenters. The Balaban J connectivity index is 1.70. The number of rotatable bonds is 3. The Hall–Kier alpha value is -0.360. The van der Waals surface area contributed by atoms with E-state index in [0.29, 0.717) is 0 Å². The second-order valence-corrected chi connectivity index (χ2v) is 6.14. The summed E-state index contributed by atoms with van der Waals surface area (Å²) in [5.41, 5.74) is 0. The van der Waals surface area contributed by atoms with Crippen molar-refractivity contribution in [1.29, 1.82) is 0 Å². The minimum Gasteiger partial charge on any atom is -0.396 e. The van der Waals surface area contributed by atoms with Crippen molar-refractivity contribution in [3.8, 4) is 0 Å². The molecule has 0 aromatic heterocycles. The molecule has 1 aliphatic carbocycles. The molecule has 6 N–H and O–H groups in total. The number of aliphatic hydroxyl groups is 6.